The molecule has 1 atom stereocenters. The van der Waals surface area contributed by atoms with Crippen molar-refractivity contribution in [2.75, 3.05) is 6.54 Å². The first kappa shape index (κ1) is 18.7. The van der Waals surface area contributed by atoms with Crippen LogP contribution in [0.1, 0.15) is 32.6 Å². The Labute approximate surface area is 153 Å². The minimum atomic E-state index is -2.86. The van der Waals surface area contributed by atoms with Crippen molar-refractivity contribution in [3.05, 3.63) is 30.1 Å². The lowest BCUT2D eigenvalue weighted by Crippen LogP contribution is -2.43. The molecule has 1 fully saturated rings. The van der Waals surface area contributed by atoms with E-state index < -0.39 is 43.1 Å². The van der Waals surface area contributed by atoms with E-state index in [4.69, 9.17) is 4.74 Å². The molecular weight excluding hydrogens is 362 g/mol. The number of benzene rings is 1. The Kier molecular flexibility index (Phi) is 4.81. The number of rotatable bonds is 6. The number of hydrogen-bond donors (Lipinski definition) is 1. The third-order valence-corrected chi connectivity index (χ3v) is 4.57. The molecule has 0 bridgehead atoms. The molecule has 1 aliphatic heterocycles. The molecule has 1 N–H and O–H groups in total. The van der Waals surface area contributed by atoms with Crippen LogP contribution in [0.25, 0.3) is 11.0 Å². The van der Waals surface area contributed by atoms with Gasteiger partial charge in [0.25, 0.3) is 5.91 Å². The predicted octanol–water partition coefficient (Wildman–Crippen LogP) is 2.20. The van der Waals surface area contributed by atoms with Gasteiger partial charge in [0, 0.05) is 0 Å². The van der Waals surface area contributed by atoms with Crippen molar-refractivity contribution in [3.63, 3.8) is 0 Å². The molecule has 2 aromatic rings. The highest BCUT2D eigenvalue weighted by Gasteiger charge is 2.47. The first-order valence-electron chi connectivity index (χ1n) is 8.30. The predicted molar refractivity (Wildman–Crippen MR) is 89.7 cm³/mol. The maximum atomic E-state index is 13.3. The number of carbonyl (C=O) groups excluding carboxylic acids is 3. The van der Waals surface area contributed by atoms with E-state index in [1.54, 1.807) is 32.0 Å². The lowest BCUT2D eigenvalue weighted by molar-refractivity contribution is -0.149. The number of imidazole rings is 1. The lowest BCUT2D eigenvalue weighted by atomic mass is 9.99. The van der Waals surface area contributed by atoms with Crippen LogP contribution < -0.4 is 5.32 Å². The molecular formula is C17H18F2N4O4. The van der Waals surface area contributed by atoms with Crippen molar-refractivity contribution in [3.8, 4) is 0 Å². The summed E-state index contributed by atoms with van der Waals surface area (Å²) in [4.78, 5) is 41.0. The van der Waals surface area contributed by atoms with Crippen LogP contribution in [-0.2, 0) is 20.9 Å². The first-order chi connectivity index (χ1) is 12.8. The second-order valence-corrected chi connectivity index (χ2v) is 6.33. The highest BCUT2D eigenvalue weighted by atomic mass is 19.3. The normalized spacial score (nSPS) is 19.8. The fraction of sp³-hybridized carbons (Fsp3) is 0.412. The van der Waals surface area contributed by atoms with Gasteiger partial charge in [0.2, 0.25) is 0 Å². The number of esters is 1. The van der Waals surface area contributed by atoms with Crippen LogP contribution in [0.5, 0.6) is 0 Å². The minimum Gasteiger partial charge on any atom is -0.456 e. The van der Waals surface area contributed by atoms with Crippen LogP contribution in [0.2, 0.25) is 0 Å². The van der Waals surface area contributed by atoms with E-state index in [-0.39, 0.29) is 11.3 Å². The maximum Gasteiger partial charge on any atom is 0.326 e. The molecule has 27 heavy (non-hydrogen) atoms. The molecule has 1 saturated heterocycles. The molecule has 1 aromatic carbocycles. The van der Waals surface area contributed by atoms with Gasteiger partial charge in [-0.1, -0.05) is 19.1 Å². The summed E-state index contributed by atoms with van der Waals surface area (Å²) in [5, 5.41) is 2.51. The number of carbonyl (C=O) groups is 3. The van der Waals surface area contributed by atoms with Gasteiger partial charge in [-0.15, -0.1) is 0 Å². The van der Waals surface area contributed by atoms with E-state index in [9.17, 15) is 23.2 Å². The Morgan fingerprint density at radius 3 is 2.67 bits per heavy atom. The summed E-state index contributed by atoms with van der Waals surface area (Å²) in [6.45, 7) is -0.678. The fourth-order valence-corrected chi connectivity index (χ4v) is 2.86. The van der Waals surface area contributed by atoms with Crippen molar-refractivity contribution < 1.29 is 27.9 Å². The van der Waals surface area contributed by atoms with Gasteiger partial charge in [-0.25, -0.2) is 9.78 Å². The maximum absolute atomic E-state index is 13.3. The van der Waals surface area contributed by atoms with Gasteiger partial charge in [0.15, 0.2) is 5.82 Å². The highest BCUT2D eigenvalue weighted by molar-refractivity contribution is 6.08. The van der Waals surface area contributed by atoms with Gasteiger partial charge >= 0.3 is 18.5 Å². The Balaban J connectivity index is 1.70. The van der Waals surface area contributed by atoms with Crippen LogP contribution >= 0.6 is 0 Å². The van der Waals surface area contributed by atoms with Crippen LogP contribution in [0, 0.1) is 0 Å². The second-order valence-electron chi connectivity index (χ2n) is 6.33. The summed E-state index contributed by atoms with van der Waals surface area (Å²) in [6.07, 6.45) is 0.363. The molecule has 0 spiro atoms. The number of nitrogens with one attached hydrogen (secondary N) is 1. The molecule has 3 rings (SSSR count). The topological polar surface area (TPSA) is 93.5 Å². The Hall–Kier alpha value is -3.04. The number of alkyl halides is 2. The number of halogens is 2. The number of ether oxygens (including phenoxy) is 1. The van der Waals surface area contributed by atoms with E-state index in [0.29, 0.717) is 16.5 Å². The number of para-hydroxylation sites is 2. The molecule has 0 saturated carbocycles. The zero-order chi connectivity index (χ0) is 19.8. The smallest absolute Gasteiger partial charge is 0.326 e. The summed E-state index contributed by atoms with van der Waals surface area (Å²) in [7, 11) is 0. The van der Waals surface area contributed by atoms with Crippen LogP contribution in [0.15, 0.2) is 24.3 Å². The molecule has 0 radical (unpaired) electrons. The zero-order valence-electron chi connectivity index (χ0n) is 14.7. The summed E-state index contributed by atoms with van der Waals surface area (Å²) in [6, 6.07) is 5.61. The average molecular weight is 380 g/mol. The number of hydrogen-bond acceptors (Lipinski definition) is 5. The number of amides is 3. The minimum absolute atomic E-state index is 0.129. The van der Waals surface area contributed by atoms with Crippen LogP contribution in [0.3, 0.4) is 0 Å². The van der Waals surface area contributed by atoms with E-state index in [2.05, 4.69) is 10.3 Å². The van der Waals surface area contributed by atoms with Crippen molar-refractivity contribution in [1.29, 1.82) is 0 Å². The summed E-state index contributed by atoms with van der Waals surface area (Å²) in [5.74, 6) is -1.56. The number of nitrogens with zero attached hydrogens (tertiary/aromatic N) is 3. The average Bonchev–Trinajstić information content (AvgIpc) is 3.11. The van der Waals surface area contributed by atoms with Gasteiger partial charge in [0.1, 0.15) is 18.7 Å². The van der Waals surface area contributed by atoms with Gasteiger partial charge < -0.3 is 10.1 Å². The van der Waals surface area contributed by atoms with Crippen LogP contribution in [0.4, 0.5) is 13.6 Å². The lowest BCUT2D eigenvalue weighted by Gasteiger charge is -2.18. The summed E-state index contributed by atoms with van der Waals surface area (Å²) >= 11 is 0. The number of aromatic nitrogens is 2. The molecule has 1 unspecified atom stereocenters. The van der Waals surface area contributed by atoms with Gasteiger partial charge in [-0.2, -0.15) is 8.78 Å². The number of fused-ring (bicyclic) bond motifs is 1. The molecule has 10 heteroatoms. The van der Waals surface area contributed by atoms with Crippen LogP contribution in [-0.4, -0.2) is 44.4 Å². The Bertz CT molecular complexity index is 913. The van der Waals surface area contributed by atoms with Gasteiger partial charge in [-0.05, 0) is 25.5 Å². The van der Waals surface area contributed by atoms with Crippen molar-refractivity contribution in [2.45, 2.75) is 39.0 Å². The van der Waals surface area contributed by atoms with E-state index in [0.717, 1.165) is 4.90 Å². The molecule has 2 heterocycles. The van der Waals surface area contributed by atoms with E-state index in [1.807, 2.05) is 0 Å². The monoisotopic (exact) mass is 380 g/mol. The van der Waals surface area contributed by atoms with Gasteiger partial charge in [-0.3, -0.25) is 19.1 Å². The quantitative estimate of drug-likeness (QED) is 0.613. The van der Waals surface area contributed by atoms with E-state index >= 15 is 0 Å². The molecule has 1 aromatic heterocycles. The standard InChI is InChI=1S/C17H18F2N4O4/c1-3-17(2)14(25)22(16(26)21-17)8-13(24)27-9-12-20-10-6-4-5-7-11(10)23(12)15(18)19/h4-7,15H,3,8-9H2,1-2H3,(H,21,26). The van der Waals surface area contributed by atoms with Crippen molar-refractivity contribution >= 4 is 28.9 Å². The second kappa shape index (κ2) is 6.93. The fourth-order valence-electron chi connectivity index (χ4n) is 2.86. The van der Waals surface area contributed by atoms with Crippen molar-refractivity contribution in [2.24, 2.45) is 0 Å². The Morgan fingerprint density at radius 1 is 1.33 bits per heavy atom. The molecule has 8 nitrogen and oxygen atoms in total. The molecule has 3 amide bonds. The molecule has 144 valence electrons. The third-order valence-electron chi connectivity index (χ3n) is 4.57. The summed E-state index contributed by atoms with van der Waals surface area (Å²) in [5.41, 5.74) is -0.510. The highest BCUT2D eigenvalue weighted by Crippen LogP contribution is 2.24. The SMILES string of the molecule is CCC1(C)NC(=O)N(CC(=O)OCc2nc3ccccc3n2C(F)F)C1=O. The first-order valence-corrected chi connectivity index (χ1v) is 8.30. The molecule has 1 aliphatic rings. The van der Waals surface area contributed by atoms with Crippen molar-refractivity contribution in [1.82, 2.24) is 19.8 Å². The zero-order valence-corrected chi connectivity index (χ0v) is 14.7. The largest absolute Gasteiger partial charge is 0.456 e. The molecule has 0 aliphatic carbocycles. The Morgan fingerprint density at radius 2 is 2.04 bits per heavy atom. The third kappa shape index (κ3) is 3.34. The summed E-state index contributed by atoms with van der Waals surface area (Å²) < 4.78 is 32.3. The number of imide groups is 1. The van der Waals surface area contributed by atoms with Gasteiger partial charge in [0.05, 0.1) is 11.0 Å². The van der Waals surface area contributed by atoms with E-state index in [1.165, 1.54) is 6.07 Å². The number of urea groups is 1.